The van der Waals surface area contributed by atoms with Crippen LogP contribution in [0, 0.1) is 11.7 Å². The number of hydrogen-bond acceptors (Lipinski definition) is 3. The van der Waals surface area contributed by atoms with Crippen molar-refractivity contribution in [3.63, 3.8) is 0 Å². The Balaban J connectivity index is 2.74. The monoisotopic (exact) mass is 267 g/mol. The summed E-state index contributed by atoms with van der Waals surface area (Å²) in [7, 11) is 0. The minimum atomic E-state index is -0.474. The van der Waals surface area contributed by atoms with E-state index in [1.165, 1.54) is 12.1 Å². The Hall–Kier alpha value is -1.26. The molecule has 0 amide bonds. The van der Waals surface area contributed by atoms with Crippen molar-refractivity contribution in [2.45, 2.75) is 26.8 Å². The van der Waals surface area contributed by atoms with E-state index in [9.17, 15) is 9.18 Å². The van der Waals surface area contributed by atoms with Gasteiger partial charge in [-0.15, -0.1) is 0 Å². The number of rotatable bonds is 7. The first-order valence-corrected chi connectivity index (χ1v) is 6.61. The van der Waals surface area contributed by atoms with Crippen molar-refractivity contribution >= 4 is 5.78 Å². The van der Waals surface area contributed by atoms with Crippen molar-refractivity contribution in [2.75, 3.05) is 19.7 Å². The second-order valence-electron chi connectivity index (χ2n) is 5.06. The number of Topliss-reactive ketones (excluding diaryl/α,β-unsaturated/α-hetero) is 1. The Labute approximate surface area is 114 Å². The molecule has 0 saturated carbocycles. The Morgan fingerprint density at radius 1 is 1.32 bits per heavy atom. The molecule has 106 valence electrons. The fraction of sp³-hybridized carbons (Fsp3) is 0.533. The maximum absolute atomic E-state index is 13.6. The second-order valence-corrected chi connectivity index (χ2v) is 5.06. The lowest BCUT2D eigenvalue weighted by molar-refractivity contribution is 0.0853. The lowest BCUT2D eigenvalue weighted by Crippen LogP contribution is -2.38. The highest BCUT2D eigenvalue weighted by molar-refractivity contribution is 5.98. The van der Waals surface area contributed by atoms with Crippen molar-refractivity contribution < 1.29 is 14.3 Å². The van der Waals surface area contributed by atoms with Gasteiger partial charge in [-0.25, -0.2) is 4.39 Å². The van der Waals surface area contributed by atoms with E-state index in [-0.39, 0.29) is 29.9 Å². The van der Waals surface area contributed by atoms with E-state index in [0.717, 1.165) is 0 Å². The highest BCUT2D eigenvalue weighted by Gasteiger charge is 2.21. The Morgan fingerprint density at radius 3 is 2.47 bits per heavy atom. The average Bonchev–Trinajstić information content (AvgIpc) is 2.37. The molecule has 0 aliphatic rings. The van der Waals surface area contributed by atoms with Gasteiger partial charge in [-0.05, 0) is 26.0 Å². The molecule has 0 aromatic heterocycles. The fourth-order valence-corrected chi connectivity index (χ4v) is 2.05. The van der Waals surface area contributed by atoms with E-state index in [1.54, 1.807) is 19.1 Å². The lowest BCUT2D eigenvalue weighted by Gasteiger charge is -2.28. The van der Waals surface area contributed by atoms with Gasteiger partial charge in [-0.1, -0.05) is 19.1 Å². The predicted octanol–water partition coefficient (Wildman–Crippen LogP) is 2.35. The third kappa shape index (κ3) is 4.40. The summed E-state index contributed by atoms with van der Waals surface area (Å²) in [5, 5.41) is 9.01. The minimum absolute atomic E-state index is 0.0544. The molecule has 3 nitrogen and oxygen atoms in total. The van der Waals surface area contributed by atoms with Gasteiger partial charge in [0.2, 0.25) is 0 Å². The summed E-state index contributed by atoms with van der Waals surface area (Å²) < 4.78 is 13.6. The molecule has 0 spiro atoms. The Kier molecular flexibility index (Phi) is 6.12. The molecule has 1 rings (SSSR count). The molecule has 0 saturated heterocycles. The summed E-state index contributed by atoms with van der Waals surface area (Å²) in [6.45, 7) is 6.91. The van der Waals surface area contributed by atoms with Crippen molar-refractivity contribution in [1.82, 2.24) is 4.90 Å². The molecule has 4 heteroatoms. The van der Waals surface area contributed by atoms with E-state index >= 15 is 0 Å². The number of carbonyl (C=O) groups excluding carboxylic acids is 1. The highest BCUT2D eigenvalue weighted by atomic mass is 19.1. The standard InChI is InChI=1S/C15H22FNO2/c1-11(2)17(8-9-18)10-12(3)15(19)13-6-4-5-7-14(13)16/h4-7,11-12,18H,8-10H2,1-3H3. The van der Waals surface area contributed by atoms with Gasteiger partial charge in [0.1, 0.15) is 5.82 Å². The van der Waals surface area contributed by atoms with E-state index < -0.39 is 5.82 Å². The molecule has 1 aromatic carbocycles. The Bertz CT molecular complexity index is 420. The molecule has 0 aliphatic carbocycles. The molecule has 0 radical (unpaired) electrons. The molecule has 1 aromatic rings. The molecule has 1 unspecified atom stereocenters. The molecule has 0 aliphatic heterocycles. The van der Waals surface area contributed by atoms with Gasteiger partial charge in [-0.3, -0.25) is 9.69 Å². The van der Waals surface area contributed by atoms with Gasteiger partial charge in [0.05, 0.1) is 12.2 Å². The summed E-state index contributed by atoms with van der Waals surface area (Å²) in [5.74, 6) is -0.967. The SMILES string of the molecule is CC(CN(CCO)C(C)C)C(=O)c1ccccc1F. The summed E-state index contributed by atoms with van der Waals surface area (Å²) in [5.41, 5.74) is 0.141. The maximum Gasteiger partial charge on any atom is 0.169 e. The average molecular weight is 267 g/mol. The van der Waals surface area contributed by atoms with E-state index in [4.69, 9.17) is 5.11 Å². The van der Waals surface area contributed by atoms with E-state index in [0.29, 0.717) is 13.1 Å². The number of aliphatic hydroxyl groups is 1. The van der Waals surface area contributed by atoms with Crippen LogP contribution in [0.5, 0.6) is 0 Å². The van der Waals surface area contributed by atoms with Gasteiger partial charge in [-0.2, -0.15) is 0 Å². The first-order chi connectivity index (χ1) is 8.97. The molecule has 1 N–H and O–H groups in total. The summed E-state index contributed by atoms with van der Waals surface area (Å²) in [6.07, 6.45) is 0. The summed E-state index contributed by atoms with van der Waals surface area (Å²) in [6, 6.07) is 6.29. The number of halogens is 1. The molecule has 0 fully saturated rings. The third-order valence-electron chi connectivity index (χ3n) is 3.21. The maximum atomic E-state index is 13.6. The van der Waals surface area contributed by atoms with Crippen LogP contribution in [0.15, 0.2) is 24.3 Å². The fourth-order valence-electron chi connectivity index (χ4n) is 2.05. The minimum Gasteiger partial charge on any atom is -0.395 e. The van der Waals surface area contributed by atoms with Gasteiger partial charge in [0.15, 0.2) is 5.78 Å². The van der Waals surface area contributed by atoms with Gasteiger partial charge in [0, 0.05) is 25.0 Å². The first kappa shape index (κ1) is 15.8. The topological polar surface area (TPSA) is 40.5 Å². The first-order valence-electron chi connectivity index (χ1n) is 6.61. The molecular weight excluding hydrogens is 245 g/mol. The van der Waals surface area contributed by atoms with Crippen LogP contribution in [-0.4, -0.2) is 41.5 Å². The van der Waals surface area contributed by atoms with Crippen molar-refractivity contribution in [1.29, 1.82) is 0 Å². The highest BCUT2D eigenvalue weighted by Crippen LogP contribution is 2.14. The number of nitrogens with zero attached hydrogens (tertiary/aromatic N) is 1. The predicted molar refractivity (Wildman–Crippen MR) is 73.7 cm³/mol. The van der Waals surface area contributed by atoms with Crippen molar-refractivity contribution in [3.05, 3.63) is 35.6 Å². The zero-order chi connectivity index (χ0) is 14.4. The third-order valence-corrected chi connectivity index (χ3v) is 3.21. The van der Waals surface area contributed by atoms with Crippen LogP contribution in [0.2, 0.25) is 0 Å². The van der Waals surface area contributed by atoms with Gasteiger partial charge in [0.25, 0.3) is 0 Å². The van der Waals surface area contributed by atoms with Crippen LogP contribution < -0.4 is 0 Å². The van der Waals surface area contributed by atoms with Crippen LogP contribution in [0.25, 0.3) is 0 Å². The normalized spacial score (nSPS) is 13.0. The molecule has 1 atom stereocenters. The van der Waals surface area contributed by atoms with E-state index in [1.807, 2.05) is 18.7 Å². The van der Waals surface area contributed by atoms with Crippen molar-refractivity contribution in [2.24, 2.45) is 5.92 Å². The van der Waals surface area contributed by atoms with Crippen LogP contribution in [-0.2, 0) is 0 Å². The van der Waals surface area contributed by atoms with Crippen LogP contribution >= 0.6 is 0 Å². The molecule has 0 bridgehead atoms. The number of ketones is 1. The second kappa shape index (κ2) is 7.36. The number of aliphatic hydroxyl groups excluding tert-OH is 1. The van der Waals surface area contributed by atoms with E-state index in [2.05, 4.69) is 0 Å². The van der Waals surface area contributed by atoms with Crippen LogP contribution in [0.3, 0.4) is 0 Å². The summed E-state index contributed by atoms with van der Waals surface area (Å²) >= 11 is 0. The quantitative estimate of drug-likeness (QED) is 0.771. The van der Waals surface area contributed by atoms with Crippen LogP contribution in [0.1, 0.15) is 31.1 Å². The zero-order valence-corrected chi connectivity index (χ0v) is 11.8. The molecule has 0 heterocycles. The smallest absolute Gasteiger partial charge is 0.169 e. The molecule has 19 heavy (non-hydrogen) atoms. The molecular formula is C15H22FNO2. The number of carbonyl (C=O) groups is 1. The Morgan fingerprint density at radius 2 is 1.95 bits per heavy atom. The largest absolute Gasteiger partial charge is 0.395 e. The van der Waals surface area contributed by atoms with Gasteiger partial charge < -0.3 is 5.11 Å². The summed E-state index contributed by atoms with van der Waals surface area (Å²) in [4.78, 5) is 14.2. The number of hydrogen-bond donors (Lipinski definition) is 1. The zero-order valence-electron chi connectivity index (χ0n) is 11.8. The van der Waals surface area contributed by atoms with Gasteiger partial charge >= 0.3 is 0 Å². The van der Waals surface area contributed by atoms with Crippen LogP contribution in [0.4, 0.5) is 4.39 Å². The number of benzene rings is 1. The lowest BCUT2D eigenvalue weighted by atomic mass is 9.98. The van der Waals surface area contributed by atoms with Crippen molar-refractivity contribution in [3.8, 4) is 0 Å².